The van der Waals surface area contributed by atoms with Gasteiger partial charge in [-0.05, 0) is 43.4 Å². The zero-order valence-electron chi connectivity index (χ0n) is 18.6. The molecule has 1 aromatic rings. The molecule has 4 rings (SSSR count). The molecule has 3 unspecified atom stereocenters. The lowest BCUT2D eigenvalue weighted by molar-refractivity contribution is -0.147. The first-order chi connectivity index (χ1) is 15.4. The van der Waals surface area contributed by atoms with E-state index in [1.807, 2.05) is 30.9 Å². The number of nitrogens with zero attached hydrogens (tertiary/aromatic N) is 2. The van der Waals surface area contributed by atoms with Crippen molar-refractivity contribution in [2.24, 2.45) is 17.8 Å². The zero-order chi connectivity index (χ0) is 22.8. The highest BCUT2D eigenvalue weighted by Gasteiger charge is 2.51. The molecule has 3 atom stereocenters. The van der Waals surface area contributed by atoms with Crippen LogP contribution in [-0.4, -0.2) is 55.0 Å². The third-order valence-corrected chi connectivity index (χ3v) is 6.42. The van der Waals surface area contributed by atoms with Crippen LogP contribution in [0.2, 0.25) is 0 Å². The topological polar surface area (TPSA) is 79.0 Å². The van der Waals surface area contributed by atoms with Crippen LogP contribution in [0.4, 0.5) is 15.8 Å². The van der Waals surface area contributed by atoms with E-state index in [1.165, 1.54) is 6.07 Å². The van der Waals surface area contributed by atoms with Crippen LogP contribution in [0, 0.1) is 23.6 Å². The molecule has 0 bridgehead atoms. The van der Waals surface area contributed by atoms with Gasteiger partial charge >= 0.3 is 0 Å². The van der Waals surface area contributed by atoms with E-state index in [-0.39, 0.29) is 29.6 Å². The third-order valence-electron chi connectivity index (χ3n) is 6.42. The predicted octanol–water partition coefficient (Wildman–Crippen LogP) is 2.97. The van der Waals surface area contributed by atoms with Gasteiger partial charge in [0.2, 0.25) is 17.7 Å². The molecule has 2 fully saturated rings. The number of halogens is 1. The Balaban J connectivity index is 1.52. The molecule has 3 amide bonds. The standard InChI is InChI=1S/C24H30FN3O4/c1-15(2)13-21(28-23(30)17-5-3-4-6-18(17)24(28)31)22(29)26-16-7-8-20(19(25)14-16)27-9-11-32-12-10-27/h3-4,7-8,14-15,17-18,21H,5-6,9-13H2,1-2H3,(H,26,29). The molecule has 32 heavy (non-hydrogen) atoms. The fourth-order valence-electron chi connectivity index (χ4n) is 4.78. The predicted molar refractivity (Wildman–Crippen MR) is 119 cm³/mol. The third kappa shape index (κ3) is 4.41. The number of rotatable bonds is 6. The first-order valence-corrected chi connectivity index (χ1v) is 11.3. The van der Waals surface area contributed by atoms with Gasteiger partial charge in [0.15, 0.2) is 0 Å². The number of nitrogens with one attached hydrogen (secondary N) is 1. The summed E-state index contributed by atoms with van der Waals surface area (Å²) in [6, 6.07) is 3.66. The highest BCUT2D eigenvalue weighted by atomic mass is 19.1. The quantitative estimate of drug-likeness (QED) is 0.540. The lowest BCUT2D eigenvalue weighted by Gasteiger charge is -2.29. The number of imide groups is 1. The second-order valence-electron chi connectivity index (χ2n) is 9.10. The molecule has 1 aromatic carbocycles. The van der Waals surface area contributed by atoms with Gasteiger partial charge < -0.3 is 15.0 Å². The van der Waals surface area contributed by atoms with Gasteiger partial charge in [-0.2, -0.15) is 0 Å². The van der Waals surface area contributed by atoms with Crippen LogP contribution >= 0.6 is 0 Å². The van der Waals surface area contributed by atoms with Gasteiger partial charge in [-0.25, -0.2) is 4.39 Å². The molecule has 2 heterocycles. The van der Waals surface area contributed by atoms with E-state index in [0.717, 1.165) is 4.90 Å². The summed E-state index contributed by atoms with van der Waals surface area (Å²) < 4.78 is 20.1. The first kappa shape index (κ1) is 22.5. The fraction of sp³-hybridized carbons (Fsp3) is 0.542. The number of hydrogen-bond donors (Lipinski definition) is 1. The van der Waals surface area contributed by atoms with Crippen molar-refractivity contribution in [1.29, 1.82) is 0 Å². The van der Waals surface area contributed by atoms with Gasteiger partial charge in [0, 0.05) is 18.8 Å². The molecular formula is C24H30FN3O4. The number of amides is 3. The summed E-state index contributed by atoms with van der Waals surface area (Å²) in [4.78, 5) is 42.3. The van der Waals surface area contributed by atoms with Gasteiger partial charge in [-0.15, -0.1) is 0 Å². The van der Waals surface area contributed by atoms with Crippen molar-refractivity contribution in [2.75, 3.05) is 36.5 Å². The van der Waals surface area contributed by atoms with Gasteiger partial charge in [0.1, 0.15) is 11.9 Å². The SMILES string of the molecule is CC(C)CC(C(=O)Nc1ccc(N2CCOCC2)c(F)c1)N1C(=O)C2CC=CCC2C1=O. The molecule has 0 saturated carbocycles. The zero-order valence-corrected chi connectivity index (χ0v) is 18.6. The summed E-state index contributed by atoms with van der Waals surface area (Å²) >= 11 is 0. The van der Waals surface area contributed by atoms with E-state index >= 15 is 0 Å². The second-order valence-corrected chi connectivity index (χ2v) is 9.10. The van der Waals surface area contributed by atoms with Crippen LogP contribution in [0.3, 0.4) is 0 Å². The number of morpholine rings is 1. The second kappa shape index (κ2) is 9.40. The molecular weight excluding hydrogens is 413 g/mol. The van der Waals surface area contributed by atoms with Crippen LogP contribution < -0.4 is 10.2 Å². The highest BCUT2D eigenvalue weighted by Crippen LogP contribution is 2.37. The molecule has 7 nitrogen and oxygen atoms in total. The first-order valence-electron chi connectivity index (χ1n) is 11.3. The van der Waals surface area contributed by atoms with Crippen LogP contribution in [-0.2, 0) is 19.1 Å². The van der Waals surface area contributed by atoms with E-state index in [9.17, 15) is 18.8 Å². The fourth-order valence-corrected chi connectivity index (χ4v) is 4.78. The lowest BCUT2D eigenvalue weighted by atomic mass is 9.85. The largest absolute Gasteiger partial charge is 0.378 e. The number of anilines is 2. The van der Waals surface area contributed by atoms with E-state index < -0.39 is 17.8 Å². The summed E-state index contributed by atoms with van der Waals surface area (Å²) in [6.07, 6.45) is 5.24. The van der Waals surface area contributed by atoms with Crippen LogP contribution in [0.15, 0.2) is 30.4 Å². The Labute approximate surface area is 187 Å². The summed E-state index contributed by atoms with van der Waals surface area (Å²) in [5.41, 5.74) is 0.767. The summed E-state index contributed by atoms with van der Waals surface area (Å²) in [6.45, 7) is 6.19. The van der Waals surface area contributed by atoms with E-state index in [4.69, 9.17) is 4.74 Å². The molecule has 8 heteroatoms. The van der Waals surface area contributed by atoms with Crippen molar-refractivity contribution < 1.29 is 23.5 Å². The number of ether oxygens (including phenoxy) is 1. The number of carbonyl (C=O) groups excluding carboxylic acids is 3. The maximum atomic E-state index is 14.8. The number of hydrogen-bond acceptors (Lipinski definition) is 5. The van der Waals surface area contributed by atoms with Crippen molar-refractivity contribution >= 4 is 29.1 Å². The molecule has 1 N–H and O–H groups in total. The van der Waals surface area contributed by atoms with Gasteiger partial charge in [0.05, 0.1) is 30.7 Å². The van der Waals surface area contributed by atoms with E-state index in [2.05, 4.69) is 5.32 Å². The van der Waals surface area contributed by atoms with Crippen molar-refractivity contribution in [1.82, 2.24) is 4.90 Å². The van der Waals surface area contributed by atoms with Crippen LogP contribution in [0.25, 0.3) is 0 Å². The Morgan fingerprint density at radius 3 is 2.31 bits per heavy atom. The summed E-state index contributed by atoms with van der Waals surface area (Å²) in [5, 5.41) is 2.73. The minimum Gasteiger partial charge on any atom is -0.378 e. The Bertz CT molecular complexity index is 900. The minimum absolute atomic E-state index is 0.0903. The average Bonchev–Trinajstić information content (AvgIpc) is 3.03. The van der Waals surface area contributed by atoms with Gasteiger partial charge in [0.25, 0.3) is 0 Å². The van der Waals surface area contributed by atoms with Crippen molar-refractivity contribution in [3.63, 3.8) is 0 Å². The van der Waals surface area contributed by atoms with Crippen LogP contribution in [0.1, 0.15) is 33.1 Å². The van der Waals surface area contributed by atoms with Gasteiger partial charge in [-0.3, -0.25) is 19.3 Å². The van der Waals surface area contributed by atoms with Crippen LogP contribution in [0.5, 0.6) is 0 Å². The smallest absolute Gasteiger partial charge is 0.247 e. The van der Waals surface area contributed by atoms with Crippen molar-refractivity contribution in [3.8, 4) is 0 Å². The average molecular weight is 444 g/mol. The molecule has 0 radical (unpaired) electrons. The molecule has 3 aliphatic rings. The van der Waals surface area contributed by atoms with Gasteiger partial charge in [-0.1, -0.05) is 26.0 Å². The Hall–Kier alpha value is -2.74. The molecule has 0 spiro atoms. The molecule has 1 aliphatic carbocycles. The number of carbonyl (C=O) groups is 3. The monoisotopic (exact) mass is 443 g/mol. The van der Waals surface area contributed by atoms with Crippen molar-refractivity contribution in [3.05, 3.63) is 36.2 Å². The number of fused-ring (bicyclic) bond motifs is 1. The van der Waals surface area contributed by atoms with E-state index in [1.54, 1.807) is 12.1 Å². The summed E-state index contributed by atoms with van der Waals surface area (Å²) in [7, 11) is 0. The maximum Gasteiger partial charge on any atom is 0.247 e. The molecule has 2 aliphatic heterocycles. The number of allylic oxidation sites excluding steroid dienone is 2. The normalized spacial score (nSPS) is 24.1. The van der Waals surface area contributed by atoms with E-state index in [0.29, 0.717) is 56.9 Å². The summed E-state index contributed by atoms with van der Waals surface area (Å²) in [5.74, 6) is -2.15. The molecule has 0 aromatic heterocycles. The minimum atomic E-state index is -0.914. The number of benzene rings is 1. The Morgan fingerprint density at radius 2 is 1.75 bits per heavy atom. The molecule has 2 saturated heterocycles. The maximum absolute atomic E-state index is 14.8. The highest BCUT2D eigenvalue weighted by molar-refractivity contribution is 6.10. The van der Waals surface area contributed by atoms with Crippen molar-refractivity contribution in [2.45, 2.75) is 39.2 Å². The molecule has 172 valence electrons. The Morgan fingerprint density at radius 1 is 1.12 bits per heavy atom. The lowest BCUT2D eigenvalue weighted by Crippen LogP contribution is -2.48. The Kier molecular flexibility index (Phi) is 6.60. The number of likely N-dealkylation sites (tertiary alicyclic amines) is 1.